The van der Waals surface area contributed by atoms with Crippen molar-refractivity contribution < 1.29 is 5.11 Å². The van der Waals surface area contributed by atoms with E-state index >= 15 is 0 Å². The number of aliphatic hydroxyl groups excluding tert-OH is 1. The van der Waals surface area contributed by atoms with Crippen LogP contribution in [-0.4, -0.2) is 51.0 Å². The van der Waals surface area contributed by atoms with Crippen LogP contribution in [0.1, 0.15) is 25.7 Å². The van der Waals surface area contributed by atoms with Crippen molar-refractivity contribution in [3.63, 3.8) is 0 Å². The standard InChI is InChI=1S/C13H21N5OS/c1-20-13-16-12-15-11-9(8-18(12)17-13)4-5-10(11)14-6-2-3-7-19/h9-10,14,19H,2-8H2,1H3. The average molecular weight is 295 g/mol. The van der Waals surface area contributed by atoms with E-state index in [0.717, 1.165) is 43.5 Å². The molecule has 20 heavy (non-hydrogen) atoms. The van der Waals surface area contributed by atoms with Crippen LogP contribution in [0.3, 0.4) is 0 Å². The van der Waals surface area contributed by atoms with Crippen molar-refractivity contribution in [1.82, 2.24) is 20.1 Å². The highest BCUT2D eigenvalue weighted by Gasteiger charge is 2.35. The zero-order chi connectivity index (χ0) is 13.9. The van der Waals surface area contributed by atoms with Gasteiger partial charge in [0.2, 0.25) is 11.1 Å². The summed E-state index contributed by atoms with van der Waals surface area (Å²) in [5, 5.41) is 17.6. The van der Waals surface area contributed by atoms with Crippen LogP contribution in [0.15, 0.2) is 10.1 Å². The van der Waals surface area contributed by atoms with Gasteiger partial charge in [0.25, 0.3) is 0 Å². The lowest BCUT2D eigenvalue weighted by atomic mass is 10.0. The average Bonchev–Trinajstić information content (AvgIpc) is 3.04. The molecule has 6 nitrogen and oxygen atoms in total. The summed E-state index contributed by atoms with van der Waals surface area (Å²) in [4.78, 5) is 9.18. The number of aliphatic imine (C=N–C) groups is 1. The third-order valence-electron chi connectivity index (χ3n) is 3.99. The lowest BCUT2D eigenvalue weighted by molar-refractivity contribution is 0.283. The lowest BCUT2D eigenvalue weighted by Gasteiger charge is -2.20. The minimum absolute atomic E-state index is 0.274. The maximum Gasteiger partial charge on any atom is 0.248 e. The maximum absolute atomic E-state index is 8.81. The van der Waals surface area contributed by atoms with Crippen molar-refractivity contribution >= 4 is 23.4 Å². The summed E-state index contributed by atoms with van der Waals surface area (Å²) in [5.74, 6) is 1.26. The van der Waals surface area contributed by atoms with E-state index in [-0.39, 0.29) is 6.61 Å². The second kappa shape index (κ2) is 6.24. The van der Waals surface area contributed by atoms with E-state index in [9.17, 15) is 0 Å². The summed E-state index contributed by atoms with van der Waals surface area (Å²) >= 11 is 1.56. The number of aliphatic hydroxyl groups is 1. The number of thioether (sulfide) groups is 1. The highest BCUT2D eigenvalue weighted by Crippen LogP contribution is 2.32. The van der Waals surface area contributed by atoms with Gasteiger partial charge in [-0.05, 0) is 38.5 Å². The summed E-state index contributed by atoms with van der Waals surface area (Å²) in [6.45, 7) is 2.13. The number of rotatable bonds is 6. The van der Waals surface area contributed by atoms with E-state index in [2.05, 4.69) is 15.4 Å². The summed E-state index contributed by atoms with van der Waals surface area (Å²) in [6.07, 6.45) is 6.17. The molecule has 1 aromatic heterocycles. The van der Waals surface area contributed by atoms with E-state index in [1.165, 1.54) is 12.1 Å². The Labute approximate surface area is 123 Å². The van der Waals surface area contributed by atoms with Gasteiger partial charge in [0, 0.05) is 24.3 Å². The molecule has 1 aliphatic heterocycles. The van der Waals surface area contributed by atoms with Gasteiger partial charge in [-0.25, -0.2) is 9.67 Å². The fourth-order valence-electron chi connectivity index (χ4n) is 2.95. The number of hydrogen-bond acceptors (Lipinski definition) is 6. The molecule has 0 aromatic carbocycles. The topological polar surface area (TPSA) is 75.3 Å². The number of fused-ring (bicyclic) bond motifs is 2. The first-order valence-corrected chi connectivity index (χ1v) is 8.46. The highest BCUT2D eigenvalue weighted by molar-refractivity contribution is 7.98. The van der Waals surface area contributed by atoms with E-state index < -0.39 is 0 Å². The summed E-state index contributed by atoms with van der Waals surface area (Å²) in [7, 11) is 0. The first kappa shape index (κ1) is 14.0. The van der Waals surface area contributed by atoms with E-state index in [1.807, 2.05) is 10.9 Å². The summed E-state index contributed by atoms with van der Waals surface area (Å²) in [5.41, 5.74) is 1.25. The minimum atomic E-state index is 0.274. The molecule has 1 aromatic rings. The van der Waals surface area contributed by atoms with Crippen LogP contribution in [0.2, 0.25) is 0 Å². The van der Waals surface area contributed by atoms with Crippen molar-refractivity contribution in [1.29, 1.82) is 0 Å². The van der Waals surface area contributed by atoms with Crippen molar-refractivity contribution in [2.24, 2.45) is 10.9 Å². The van der Waals surface area contributed by atoms with Crippen molar-refractivity contribution in [3.8, 4) is 0 Å². The van der Waals surface area contributed by atoms with Gasteiger partial charge >= 0.3 is 0 Å². The molecule has 1 saturated carbocycles. The largest absolute Gasteiger partial charge is 0.396 e. The van der Waals surface area contributed by atoms with Crippen LogP contribution in [-0.2, 0) is 6.54 Å². The van der Waals surface area contributed by atoms with Crippen LogP contribution in [0, 0.1) is 5.92 Å². The van der Waals surface area contributed by atoms with Gasteiger partial charge in [-0.15, -0.1) is 5.10 Å². The second-order valence-electron chi connectivity index (χ2n) is 5.33. The molecule has 0 spiro atoms. The molecule has 1 fully saturated rings. The molecule has 0 radical (unpaired) electrons. The smallest absolute Gasteiger partial charge is 0.248 e. The summed E-state index contributed by atoms with van der Waals surface area (Å²) in [6, 6.07) is 0.377. The Morgan fingerprint density at radius 3 is 3.10 bits per heavy atom. The van der Waals surface area contributed by atoms with Crippen molar-refractivity contribution in [3.05, 3.63) is 0 Å². The maximum atomic E-state index is 8.81. The Bertz CT molecular complexity index is 501. The van der Waals surface area contributed by atoms with Crippen molar-refractivity contribution in [2.45, 2.75) is 43.4 Å². The number of nitrogens with zero attached hydrogens (tertiary/aromatic N) is 4. The number of aromatic nitrogens is 3. The van der Waals surface area contributed by atoms with Crippen LogP contribution in [0.25, 0.3) is 0 Å². The predicted octanol–water partition coefficient (Wildman–Crippen LogP) is 1.23. The molecule has 0 saturated heterocycles. The zero-order valence-corrected chi connectivity index (χ0v) is 12.6. The second-order valence-corrected chi connectivity index (χ2v) is 6.10. The van der Waals surface area contributed by atoms with Crippen LogP contribution < -0.4 is 5.32 Å². The van der Waals surface area contributed by atoms with Gasteiger partial charge in [-0.3, -0.25) is 0 Å². The highest BCUT2D eigenvalue weighted by atomic mass is 32.2. The van der Waals surface area contributed by atoms with Gasteiger partial charge in [0.05, 0.1) is 6.54 Å². The molecule has 1 aliphatic carbocycles. The molecule has 3 rings (SSSR count). The van der Waals surface area contributed by atoms with Gasteiger partial charge in [0.15, 0.2) is 0 Å². The molecule has 0 bridgehead atoms. The third-order valence-corrected chi connectivity index (χ3v) is 4.53. The molecular formula is C13H21N5OS. The Hall–Kier alpha value is -0.920. The van der Waals surface area contributed by atoms with Crippen LogP contribution >= 0.6 is 11.8 Å². The fourth-order valence-corrected chi connectivity index (χ4v) is 3.30. The van der Waals surface area contributed by atoms with E-state index in [1.54, 1.807) is 11.8 Å². The SMILES string of the molecule is CSc1nc2n(n1)CC1CCC(NCCCCO)C1=N2. The number of nitrogens with one attached hydrogen (secondary N) is 1. The molecule has 2 unspecified atom stereocenters. The van der Waals surface area contributed by atoms with Gasteiger partial charge in [0.1, 0.15) is 0 Å². The Kier molecular flexibility index (Phi) is 4.38. The normalized spacial score (nSPS) is 24.4. The molecule has 110 valence electrons. The fraction of sp³-hybridized carbons (Fsp3) is 0.769. The minimum Gasteiger partial charge on any atom is -0.396 e. The first-order valence-electron chi connectivity index (χ1n) is 7.23. The van der Waals surface area contributed by atoms with Gasteiger partial charge < -0.3 is 10.4 Å². The van der Waals surface area contributed by atoms with E-state index in [0.29, 0.717) is 12.0 Å². The monoisotopic (exact) mass is 295 g/mol. The van der Waals surface area contributed by atoms with E-state index in [4.69, 9.17) is 10.1 Å². The Morgan fingerprint density at radius 2 is 2.30 bits per heavy atom. The molecule has 2 atom stereocenters. The zero-order valence-electron chi connectivity index (χ0n) is 11.7. The Morgan fingerprint density at radius 1 is 1.40 bits per heavy atom. The van der Waals surface area contributed by atoms with Crippen LogP contribution in [0.4, 0.5) is 5.95 Å². The Balaban J connectivity index is 1.68. The molecule has 0 amide bonds. The van der Waals surface area contributed by atoms with Gasteiger partial charge in [-0.2, -0.15) is 4.98 Å². The molecule has 2 N–H and O–H groups in total. The molecule has 2 aliphatic rings. The van der Waals surface area contributed by atoms with Gasteiger partial charge in [-0.1, -0.05) is 11.8 Å². The predicted molar refractivity (Wildman–Crippen MR) is 79.7 cm³/mol. The summed E-state index contributed by atoms with van der Waals surface area (Å²) < 4.78 is 1.94. The number of unbranched alkanes of at least 4 members (excludes halogenated alkanes) is 1. The van der Waals surface area contributed by atoms with Crippen LogP contribution in [0.5, 0.6) is 0 Å². The molecule has 7 heteroatoms. The quantitative estimate of drug-likeness (QED) is 0.610. The number of hydrogen-bond donors (Lipinski definition) is 2. The van der Waals surface area contributed by atoms with Crippen molar-refractivity contribution in [2.75, 3.05) is 19.4 Å². The first-order chi connectivity index (χ1) is 9.81. The third kappa shape index (κ3) is 2.75. The molecule has 2 heterocycles. The molecular weight excluding hydrogens is 274 g/mol. The lowest BCUT2D eigenvalue weighted by Crippen LogP contribution is -2.37.